The maximum atomic E-state index is 14.1. The van der Waals surface area contributed by atoms with Crippen molar-refractivity contribution >= 4 is 61.3 Å². The van der Waals surface area contributed by atoms with E-state index in [0.717, 1.165) is 21.8 Å². The van der Waals surface area contributed by atoms with E-state index in [2.05, 4.69) is 26.6 Å². The molecule has 11 heteroatoms. The van der Waals surface area contributed by atoms with Gasteiger partial charge in [-0.2, -0.15) is 0 Å². The van der Waals surface area contributed by atoms with Crippen LogP contribution >= 0.6 is 39.5 Å². The third-order valence-electron chi connectivity index (χ3n) is 4.21. The molecule has 0 saturated carbocycles. The van der Waals surface area contributed by atoms with Gasteiger partial charge in [0.25, 0.3) is 0 Å². The molecular formula is C20H13BrF4N2O2S2. The lowest BCUT2D eigenvalue weighted by Crippen LogP contribution is -2.22. The van der Waals surface area contributed by atoms with E-state index in [1.54, 1.807) is 31.2 Å². The fourth-order valence-corrected chi connectivity index (χ4v) is 4.53. The summed E-state index contributed by atoms with van der Waals surface area (Å²) in [7, 11) is 1.21. The van der Waals surface area contributed by atoms with Crippen molar-refractivity contribution in [1.82, 2.24) is 0 Å². The van der Waals surface area contributed by atoms with Crippen molar-refractivity contribution in [3.63, 3.8) is 0 Å². The topological polar surface area (TPSA) is 50.4 Å². The number of thiocarbonyl (C=S) groups is 1. The molecule has 0 aliphatic rings. The predicted molar refractivity (Wildman–Crippen MR) is 120 cm³/mol. The number of esters is 1. The molecule has 31 heavy (non-hydrogen) atoms. The van der Waals surface area contributed by atoms with E-state index in [1.807, 2.05) is 6.07 Å². The maximum Gasteiger partial charge on any atom is 0.341 e. The average Bonchev–Trinajstić information content (AvgIpc) is 3.09. The van der Waals surface area contributed by atoms with E-state index in [1.165, 1.54) is 7.11 Å². The Morgan fingerprint density at radius 3 is 2.16 bits per heavy atom. The number of halogens is 5. The normalized spacial score (nSPS) is 10.7. The Kier molecular flexibility index (Phi) is 6.97. The van der Waals surface area contributed by atoms with E-state index < -0.39 is 39.4 Å². The highest BCUT2D eigenvalue weighted by atomic mass is 79.9. The SMILES string of the molecule is COC(=O)c1c(NC(=S)Nc2c(F)c(F)c(Br)c(F)c2F)sc(C)c1-c1ccccc1. The number of hydrogen-bond donors (Lipinski definition) is 2. The first-order chi connectivity index (χ1) is 14.7. The van der Waals surface area contributed by atoms with Gasteiger partial charge in [-0.15, -0.1) is 11.3 Å². The lowest BCUT2D eigenvalue weighted by molar-refractivity contribution is 0.0603. The van der Waals surface area contributed by atoms with Crippen LogP contribution in [-0.4, -0.2) is 18.2 Å². The van der Waals surface area contributed by atoms with Crippen molar-refractivity contribution in [2.75, 3.05) is 17.7 Å². The highest BCUT2D eigenvalue weighted by molar-refractivity contribution is 9.10. The van der Waals surface area contributed by atoms with Gasteiger partial charge in [0.1, 0.15) is 16.3 Å². The summed E-state index contributed by atoms with van der Waals surface area (Å²) < 4.78 is 59.7. The van der Waals surface area contributed by atoms with Gasteiger partial charge in [-0.25, -0.2) is 22.4 Å². The van der Waals surface area contributed by atoms with Crippen LogP contribution in [0.1, 0.15) is 15.2 Å². The van der Waals surface area contributed by atoms with Gasteiger partial charge in [0.2, 0.25) is 0 Å². The first-order valence-corrected chi connectivity index (χ1v) is 10.6. The van der Waals surface area contributed by atoms with Gasteiger partial charge in [-0.05, 0) is 40.6 Å². The van der Waals surface area contributed by atoms with Crippen LogP contribution in [0.15, 0.2) is 34.8 Å². The van der Waals surface area contributed by atoms with Crippen molar-refractivity contribution in [2.24, 2.45) is 0 Å². The summed E-state index contributed by atoms with van der Waals surface area (Å²) in [6, 6.07) is 9.03. The zero-order valence-corrected chi connectivity index (χ0v) is 19.1. The van der Waals surface area contributed by atoms with Crippen molar-refractivity contribution in [3.05, 3.63) is 68.5 Å². The minimum atomic E-state index is -1.66. The number of methoxy groups -OCH3 is 1. The Hall–Kier alpha value is -2.50. The van der Waals surface area contributed by atoms with E-state index in [9.17, 15) is 22.4 Å². The molecule has 0 aliphatic carbocycles. The molecule has 0 aliphatic heterocycles. The number of hydrogen-bond acceptors (Lipinski definition) is 4. The molecular weight excluding hydrogens is 520 g/mol. The van der Waals surface area contributed by atoms with Crippen LogP contribution in [0, 0.1) is 30.2 Å². The average molecular weight is 533 g/mol. The Morgan fingerprint density at radius 2 is 1.61 bits per heavy atom. The van der Waals surface area contributed by atoms with Crippen molar-refractivity contribution in [2.45, 2.75) is 6.92 Å². The second-order valence-electron chi connectivity index (χ2n) is 6.12. The zero-order chi connectivity index (χ0) is 22.9. The largest absolute Gasteiger partial charge is 0.465 e. The highest BCUT2D eigenvalue weighted by Gasteiger charge is 2.27. The molecule has 3 rings (SSSR count). The predicted octanol–water partition coefficient (Wildman–Crippen LogP) is 6.64. The summed E-state index contributed by atoms with van der Waals surface area (Å²) in [6.07, 6.45) is 0. The Bertz CT molecular complexity index is 1160. The highest BCUT2D eigenvalue weighted by Crippen LogP contribution is 2.40. The summed E-state index contributed by atoms with van der Waals surface area (Å²) in [5.74, 6) is -7.20. The smallest absolute Gasteiger partial charge is 0.341 e. The molecule has 0 radical (unpaired) electrons. The number of carbonyl (C=O) groups is 1. The van der Waals surface area contributed by atoms with Crippen LogP contribution in [0.5, 0.6) is 0 Å². The lowest BCUT2D eigenvalue weighted by Gasteiger charge is -2.14. The molecule has 0 saturated heterocycles. The second kappa shape index (κ2) is 9.33. The fraction of sp³-hybridized carbons (Fsp3) is 0.100. The molecule has 0 spiro atoms. The summed E-state index contributed by atoms with van der Waals surface area (Å²) in [5.41, 5.74) is 0.403. The van der Waals surface area contributed by atoms with Gasteiger partial charge in [0, 0.05) is 10.4 Å². The molecule has 0 unspecified atom stereocenters. The maximum absolute atomic E-state index is 14.1. The Morgan fingerprint density at radius 1 is 1.03 bits per heavy atom. The van der Waals surface area contributed by atoms with Crippen LogP contribution in [-0.2, 0) is 4.74 Å². The van der Waals surface area contributed by atoms with Crippen LogP contribution < -0.4 is 10.6 Å². The monoisotopic (exact) mass is 532 g/mol. The molecule has 162 valence electrons. The molecule has 0 bridgehead atoms. The van der Waals surface area contributed by atoms with Gasteiger partial charge in [0.05, 0.1) is 11.6 Å². The number of rotatable bonds is 4. The molecule has 0 atom stereocenters. The number of carbonyl (C=O) groups excluding carboxylic acids is 1. The quantitative estimate of drug-likeness (QED) is 0.130. The number of thiophene rings is 1. The van der Waals surface area contributed by atoms with Gasteiger partial charge in [-0.1, -0.05) is 30.3 Å². The third kappa shape index (κ3) is 4.43. The van der Waals surface area contributed by atoms with E-state index in [-0.39, 0.29) is 15.7 Å². The molecule has 1 aromatic heterocycles. The van der Waals surface area contributed by atoms with Gasteiger partial charge in [0.15, 0.2) is 28.4 Å². The first-order valence-electron chi connectivity index (χ1n) is 8.53. The van der Waals surface area contributed by atoms with Crippen LogP contribution in [0.2, 0.25) is 0 Å². The third-order valence-corrected chi connectivity index (χ3v) is 6.13. The van der Waals surface area contributed by atoms with Gasteiger partial charge >= 0.3 is 5.97 Å². The summed E-state index contributed by atoms with van der Waals surface area (Å²) in [6.45, 7) is 1.78. The van der Waals surface area contributed by atoms with Crippen molar-refractivity contribution in [1.29, 1.82) is 0 Å². The van der Waals surface area contributed by atoms with Crippen molar-refractivity contribution in [3.8, 4) is 11.1 Å². The van der Waals surface area contributed by atoms with Crippen molar-refractivity contribution < 1.29 is 27.1 Å². The Balaban J connectivity index is 1.99. The van der Waals surface area contributed by atoms with E-state index in [0.29, 0.717) is 5.56 Å². The van der Waals surface area contributed by atoms with Gasteiger partial charge in [-0.3, -0.25) is 0 Å². The lowest BCUT2D eigenvalue weighted by atomic mass is 10.0. The van der Waals surface area contributed by atoms with Gasteiger partial charge < -0.3 is 15.4 Å². The molecule has 1 heterocycles. The molecule has 0 fully saturated rings. The van der Waals surface area contributed by atoms with Crippen LogP contribution in [0.4, 0.5) is 28.3 Å². The van der Waals surface area contributed by atoms with Crippen LogP contribution in [0.25, 0.3) is 11.1 Å². The first kappa shape index (κ1) is 23.2. The second-order valence-corrected chi connectivity index (χ2v) is 8.55. The Labute approximate surface area is 192 Å². The standard InChI is InChI=1S/C20H13BrF4N2O2S2/c1-8-10(9-6-4-3-5-7-9)11(19(28)29-2)18(31-8)27-20(30)26-17-15(24)13(22)12(21)14(23)16(17)25/h3-7H,1-2H3,(H2,26,27,30). The molecule has 2 N–H and O–H groups in total. The summed E-state index contributed by atoms with van der Waals surface area (Å²) in [4.78, 5) is 13.2. The number of aryl methyl sites for hydroxylation is 1. The molecule has 3 aromatic rings. The number of anilines is 2. The number of benzene rings is 2. The molecule has 2 aromatic carbocycles. The van der Waals surface area contributed by atoms with Crippen LogP contribution in [0.3, 0.4) is 0 Å². The van der Waals surface area contributed by atoms with E-state index >= 15 is 0 Å². The zero-order valence-electron chi connectivity index (χ0n) is 15.9. The number of nitrogens with one attached hydrogen (secondary N) is 2. The van der Waals surface area contributed by atoms with E-state index in [4.69, 9.17) is 17.0 Å². The molecule has 0 amide bonds. The summed E-state index contributed by atoms with van der Waals surface area (Å²) in [5, 5.41) is 4.63. The minimum absolute atomic E-state index is 0.162. The minimum Gasteiger partial charge on any atom is -0.465 e. The summed E-state index contributed by atoms with van der Waals surface area (Å²) >= 11 is 8.65. The number of ether oxygens (including phenoxy) is 1. The fourth-order valence-electron chi connectivity index (χ4n) is 2.84. The molecule has 4 nitrogen and oxygen atoms in total.